The summed E-state index contributed by atoms with van der Waals surface area (Å²) in [5.41, 5.74) is 5.05. The number of amides is 2. The van der Waals surface area contributed by atoms with Gasteiger partial charge < -0.3 is 15.4 Å². The zero-order valence-corrected chi connectivity index (χ0v) is 14.7. The van der Waals surface area contributed by atoms with Crippen LogP contribution >= 0.6 is 34.8 Å². The molecule has 0 radical (unpaired) electrons. The third kappa shape index (κ3) is 4.09. The lowest BCUT2D eigenvalue weighted by molar-refractivity contribution is -0.143. The summed E-state index contributed by atoms with van der Waals surface area (Å²) in [6.45, 7) is -0.170. The number of ether oxygens (including phenoxy) is 1. The first-order chi connectivity index (χ1) is 11.3. The maximum absolute atomic E-state index is 12.2. The van der Waals surface area contributed by atoms with Gasteiger partial charge in [0.15, 0.2) is 12.3 Å². The summed E-state index contributed by atoms with van der Waals surface area (Å²) in [6, 6.07) is -0.684. The third-order valence-corrected chi connectivity index (χ3v) is 4.83. The Hall–Kier alpha value is -1.57. The van der Waals surface area contributed by atoms with Crippen LogP contribution in [0.4, 0.5) is 0 Å². The molecule has 0 spiro atoms. The number of esters is 1. The summed E-state index contributed by atoms with van der Waals surface area (Å²) in [5, 5.41) is -0.0991. The van der Waals surface area contributed by atoms with Gasteiger partial charge in [-0.1, -0.05) is 34.8 Å². The van der Waals surface area contributed by atoms with E-state index in [1.54, 1.807) is 0 Å². The highest BCUT2D eigenvalue weighted by Gasteiger charge is 2.31. The van der Waals surface area contributed by atoms with Crippen LogP contribution in [0.2, 0.25) is 15.1 Å². The molecule has 1 aliphatic rings. The standard InChI is InChI=1S/C14H14Cl3N3O4/c15-7-5-19-12(11(17)10(7)16)14(23)24-6-9(21)20-4-2-1-3-8(20)13(18)22/h5,8H,1-4,6H2,(H2,18,22)/t8-/m0/s1. The second-order valence-corrected chi connectivity index (χ2v) is 6.32. The van der Waals surface area contributed by atoms with Crippen molar-refractivity contribution in [2.45, 2.75) is 25.3 Å². The molecule has 2 amide bonds. The third-order valence-electron chi connectivity index (χ3n) is 3.59. The molecule has 0 aromatic carbocycles. The smallest absolute Gasteiger partial charge is 0.359 e. The van der Waals surface area contributed by atoms with E-state index in [1.165, 1.54) is 4.90 Å². The second-order valence-electron chi connectivity index (χ2n) is 5.16. The number of rotatable bonds is 4. The summed E-state index contributed by atoms with van der Waals surface area (Å²) < 4.78 is 4.92. The molecule has 24 heavy (non-hydrogen) atoms. The Morgan fingerprint density at radius 2 is 1.96 bits per heavy atom. The van der Waals surface area contributed by atoms with Crippen LogP contribution in [0.3, 0.4) is 0 Å². The summed E-state index contributed by atoms with van der Waals surface area (Å²) in [6.07, 6.45) is 3.21. The van der Waals surface area contributed by atoms with E-state index < -0.39 is 30.4 Å². The van der Waals surface area contributed by atoms with Crippen molar-refractivity contribution in [2.24, 2.45) is 5.73 Å². The molecule has 130 valence electrons. The number of hydrogen-bond donors (Lipinski definition) is 1. The normalized spacial score (nSPS) is 17.5. The molecule has 1 fully saturated rings. The molecular weight excluding hydrogens is 381 g/mol. The number of aromatic nitrogens is 1. The summed E-state index contributed by atoms with van der Waals surface area (Å²) in [5.74, 6) is -2.01. The summed E-state index contributed by atoms with van der Waals surface area (Å²) in [4.78, 5) is 40.7. The molecule has 2 heterocycles. The molecule has 0 bridgehead atoms. The number of likely N-dealkylation sites (tertiary alicyclic amines) is 1. The number of piperidine rings is 1. The number of nitrogens with two attached hydrogens (primary N) is 1. The highest BCUT2D eigenvalue weighted by atomic mass is 35.5. The molecule has 10 heteroatoms. The molecule has 2 rings (SSSR count). The van der Waals surface area contributed by atoms with E-state index in [9.17, 15) is 14.4 Å². The van der Waals surface area contributed by atoms with E-state index in [1.807, 2.05) is 0 Å². The molecule has 1 aliphatic heterocycles. The van der Waals surface area contributed by atoms with Crippen LogP contribution in [0.25, 0.3) is 0 Å². The Labute approximate surface area is 153 Å². The number of nitrogens with zero attached hydrogens (tertiary/aromatic N) is 2. The van der Waals surface area contributed by atoms with Crippen molar-refractivity contribution in [2.75, 3.05) is 13.2 Å². The van der Waals surface area contributed by atoms with E-state index in [-0.39, 0.29) is 20.8 Å². The minimum absolute atomic E-state index is 0.0311. The predicted octanol–water partition coefficient (Wildman–Crippen LogP) is 2.06. The number of hydrogen-bond acceptors (Lipinski definition) is 5. The van der Waals surface area contributed by atoms with E-state index >= 15 is 0 Å². The molecule has 1 saturated heterocycles. The van der Waals surface area contributed by atoms with Gasteiger partial charge >= 0.3 is 5.97 Å². The Bertz CT molecular complexity index is 683. The molecule has 1 aromatic rings. The van der Waals surface area contributed by atoms with Crippen molar-refractivity contribution in [3.63, 3.8) is 0 Å². The van der Waals surface area contributed by atoms with Crippen LogP contribution in [0, 0.1) is 0 Å². The summed E-state index contributed by atoms with van der Waals surface area (Å²) in [7, 11) is 0. The number of carbonyl (C=O) groups is 3. The van der Waals surface area contributed by atoms with E-state index in [4.69, 9.17) is 45.3 Å². The summed E-state index contributed by atoms with van der Waals surface area (Å²) >= 11 is 17.4. The molecule has 0 aliphatic carbocycles. The van der Waals surface area contributed by atoms with Gasteiger partial charge in [0.05, 0.1) is 15.1 Å². The quantitative estimate of drug-likeness (QED) is 0.787. The van der Waals surface area contributed by atoms with Gasteiger partial charge in [-0.2, -0.15) is 0 Å². The SMILES string of the molecule is NC(=O)[C@@H]1CCCCN1C(=O)COC(=O)c1ncc(Cl)c(Cl)c1Cl. The van der Waals surface area contributed by atoms with Gasteiger partial charge in [-0.3, -0.25) is 9.59 Å². The Balaban J connectivity index is 2.02. The fourth-order valence-corrected chi connectivity index (χ4v) is 2.95. The van der Waals surface area contributed by atoms with Gasteiger partial charge in [0.2, 0.25) is 5.91 Å². The fraction of sp³-hybridized carbons (Fsp3) is 0.429. The number of pyridine rings is 1. The fourth-order valence-electron chi connectivity index (χ4n) is 2.39. The predicted molar refractivity (Wildman–Crippen MR) is 88.1 cm³/mol. The van der Waals surface area contributed by atoms with Crippen LogP contribution in [-0.4, -0.2) is 46.9 Å². The average molecular weight is 395 g/mol. The van der Waals surface area contributed by atoms with Crippen LogP contribution in [0.5, 0.6) is 0 Å². The number of carbonyl (C=O) groups excluding carboxylic acids is 3. The minimum atomic E-state index is -0.917. The van der Waals surface area contributed by atoms with Gasteiger partial charge in [-0.25, -0.2) is 9.78 Å². The van der Waals surface area contributed by atoms with Crippen molar-refractivity contribution >= 4 is 52.6 Å². The van der Waals surface area contributed by atoms with Gasteiger partial charge in [0.25, 0.3) is 5.91 Å². The van der Waals surface area contributed by atoms with Crippen LogP contribution < -0.4 is 5.73 Å². The van der Waals surface area contributed by atoms with Crippen molar-refractivity contribution in [3.8, 4) is 0 Å². The minimum Gasteiger partial charge on any atom is -0.451 e. The lowest BCUT2D eigenvalue weighted by Crippen LogP contribution is -2.51. The Morgan fingerprint density at radius 1 is 1.25 bits per heavy atom. The molecule has 7 nitrogen and oxygen atoms in total. The maximum atomic E-state index is 12.2. The first kappa shape index (κ1) is 18.8. The second kappa shape index (κ2) is 8.00. The molecule has 1 atom stereocenters. The molecular formula is C14H14Cl3N3O4. The van der Waals surface area contributed by atoms with Crippen LogP contribution in [-0.2, 0) is 14.3 Å². The van der Waals surface area contributed by atoms with Gasteiger partial charge in [0.1, 0.15) is 6.04 Å². The number of primary amides is 1. The molecule has 0 saturated carbocycles. The van der Waals surface area contributed by atoms with Gasteiger partial charge in [-0.15, -0.1) is 0 Å². The van der Waals surface area contributed by atoms with E-state index in [0.717, 1.165) is 19.0 Å². The van der Waals surface area contributed by atoms with Crippen LogP contribution in [0.1, 0.15) is 29.8 Å². The van der Waals surface area contributed by atoms with Crippen molar-refractivity contribution in [3.05, 3.63) is 27.0 Å². The highest BCUT2D eigenvalue weighted by Crippen LogP contribution is 2.31. The largest absolute Gasteiger partial charge is 0.451 e. The monoisotopic (exact) mass is 393 g/mol. The lowest BCUT2D eigenvalue weighted by Gasteiger charge is -2.33. The Morgan fingerprint density at radius 3 is 2.62 bits per heavy atom. The van der Waals surface area contributed by atoms with Crippen LogP contribution in [0.15, 0.2) is 6.20 Å². The van der Waals surface area contributed by atoms with Crippen molar-refractivity contribution in [1.29, 1.82) is 0 Å². The number of halogens is 3. The highest BCUT2D eigenvalue weighted by molar-refractivity contribution is 6.48. The zero-order chi connectivity index (χ0) is 17.9. The van der Waals surface area contributed by atoms with Gasteiger partial charge in [0, 0.05) is 12.7 Å². The zero-order valence-electron chi connectivity index (χ0n) is 12.4. The van der Waals surface area contributed by atoms with E-state index in [2.05, 4.69) is 4.98 Å². The Kier molecular flexibility index (Phi) is 6.26. The lowest BCUT2D eigenvalue weighted by atomic mass is 10.0. The average Bonchev–Trinajstić information content (AvgIpc) is 2.57. The first-order valence-corrected chi connectivity index (χ1v) is 8.21. The van der Waals surface area contributed by atoms with Crippen molar-refractivity contribution < 1.29 is 19.1 Å². The van der Waals surface area contributed by atoms with Crippen molar-refractivity contribution in [1.82, 2.24) is 9.88 Å². The first-order valence-electron chi connectivity index (χ1n) is 7.08. The van der Waals surface area contributed by atoms with Gasteiger partial charge in [-0.05, 0) is 19.3 Å². The molecule has 0 unspecified atom stereocenters. The van der Waals surface area contributed by atoms with E-state index in [0.29, 0.717) is 13.0 Å². The topological polar surface area (TPSA) is 103 Å². The molecule has 1 aromatic heterocycles. The molecule has 2 N–H and O–H groups in total. The maximum Gasteiger partial charge on any atom is 0.359 e.